The van der Waals surface area contributed by atoms with E-state index in [4.69, 9.17) is 0 Å². The van der Waals surface area contributed by atoms with Gasteiger partial charge in [0, 0.05) is 17.8 Å². The van der Waals surface area contributed by atoms with Gasteiger partial charge >= 0.3 is 0 Å². The molecular formula is C11H17NO3. The van der Waals surface area contributed by atoms with Crippen molar-refractivity contribution in [2.45, 2.75) is 34.1 Å². The minimum atomic E-state index is -0.508. The molecule has 1 rings (SSSR count). The molecule has 0 aliphatic carbocycles. The van der Waals surface area contributed by atoms with Crippen LogP contribution in [0.15, 0.2) is 0 Å². The summed E-state index contributed by atoms with van der Waals surface area (Å²) >= 11 is 0. The van der Waals surface area contributed by atoms with Crippen LogP contribution >= 0.6 is 0 Å². The topological polar surface area (TPSA) is 54.5 Å². The summed E-state index contributed by atoms with van der Waals surface area (Å²) in [6.07, 6.45) is 0.232. The minimum Gasteiger partial charge on any atom is -0.297 e. The van der Waals surface area contributed by atoms with Crippen LogP contribution in [-0.2, 0) is 14.4 Å². The van der Waals surface area contributed by atoms with E-state index in [1.807, 2.05) is 0 Å². The molecule has 15 heavy (non-hydrogen) atoms. The van der Waals surface area contributed by atoms with Crippen LogP contribution in [0.3, 0.4) is 0 Å². The van der Waals surface area contributed by atoms with E-state index in [9.17, 15) is 14.4 Å². The van der Waals surface area contributed by atoms with Gasteiger partial charge in [-0.15, -0.1) is 0 Å². The van der Waals surface area contributed by atoms with Crippen molar-refractivity contribution in [2.75, 3.05) is 6.54 Å². The maximum absolute atomic E-state index is 11.7. The van der Waals surface area contributed by atoms with Gasteiger partial charge in [-0.25, -0.2) is 0 Å². The van der Waals surface area contributed by atoms with Crippen LogP contribution in [-0.4, -0.2) is 29.0 Å². The molecule has 1 aliphatic rings. The van der Waals surface area contributed by atoms with Crippen molar-refractivity contribution in [3.05, 3.63) is 0 Å². The molecule has 1 fully saturated rings. The number of hydrogen-bond acceptors (Lipinski definition) is 3. The Morgan fingerprint density at radius 3 is 2.27 bits per heavy atom. The highest BCUT2D eigenvalue weighted by molar-refractivity contribution is 6.06. The first kappa shape index (κ1) is 11.9. The molecule has 1 saturated heterocycles. The second kappa shape index (κ2) is 3.76. The van der Waals surface area contributed by atoms with Gasteiger partial charge in [-0.3, -0.25) is 19.3 Å². The lowest BCUT2D eigenvalue weighted by atomic mass is 9.90. The number of likely N-dealkylation sites (tertiary alicyclic amines) is 1. The van der Waals surface area contributed by atoms with Crippen molar-refractivity contribution < 1.29 is 14.4 Å². The molecule has 2 amide bonds. The van der Waals surface area contributed by atoms with Crippen LogP contribution in [0.2, 0.25) is 0 Å². The normalized spacial score (nSPS) is 22.4. The molecule has 0 saturated carbocycles. The standard InChI is InChI=1S/C11H17NO3/c1-7-5-9(14)12(10(7)15)6-8(13)11(2,3)4/h7H,5-6H2,1-4H3. The fourth-order valence-electron chi connectivity index (χ4n) is 1.40. The molecule has 1 aliphatic heterocycles. The zero-order chi connectivity index (χ0) is 11.8. The molecule has 1 heterocycles. The Labute approximate surface area is 89.6 Å². The third kappa shape index (κ3) is 2.43. The van der Waals surface area contributed by atoms with Crippen molar-refractivity contribution in [3.8, 4) is 0 Å². The van der Waals surface area contributed by atoms with E-state index in [0.29, 0.717) is 0 Å². The van der Waals surface area contributed by atoms with E-state index >= 15 is 0 Å². The number of nitrogens with zero attached hydrogens (tertiary/aromatic N) is 1. The van der Waals surface area contributed by atoms with E-state index in [2.05, 4.69) is 0 Å². The third-order valence-corrected chi connectivity index (χ3v) is 2.61. The molecule has 0 aromatic heterocycles. The van der Waals surface area contributed by atoms with E-state index < -0.39 is 5.41 Å². The number of rotatable bonds is 2. The highest BCUT2D eigenvalue weighted by Crippen LogP contribution is 2.21. The van der Waals surface area contributed by atoms with Crippen LogP contribution in [0, 0.1) is 11.3 Å². The Hall–Kier alpha value is -1.19. The molecule has 84 valence electrons. The van der Waals surface area contributed by atoms with Crippen LogP contribution < -0.4 is 0 Å². The van der Waals surface area contributed by atoms with Gasteiger partial charge in [-0.2, -0.15) is 0 Å². The zero-order valence-electron chi connectivity index (χ0n) is 9.66. The monoisotopic (exact) mass is 211 g/mol. The largest absolute Gasteiger partial charge is 0.297 e. The molecule has 0 aromatic rings. The summed E-state index contributed by atoms with van der Waals surface area (Å²) in [6, 6.07) is 0. The van der Waals surface area contributed by atoms with Gasteiger partial charge in [0.15, 0.2) is 5.78 Å². The van der Waals surface area contributed by atoms with Crippen molar-refractivity contribution in [1.82, 2.24) is 4.90 Å². The number of carbonyl (C=O) groups is 3. The second-order valence-electron chi connectivity index (χ2n) is 5.10. The Morgan fingerprint density at radius 1 is 1.40 bits per heavy atom. The van der Waals surface area contributed by atoms with Crippen LogP contribution in [0.4, 0.5) is 0 Å². The Bertz CT molecular complexity index is 314. The van der Waals surface area contributed by atoms with Crippen molar-refractivity contribution in [3.63, 3.8) is 0 Å². The van der Waals surface area contributed by atoms with Gasteiger partial charge in [-0.1, -0.05) is 27.7 Å². The Morgan fingerprint density at radius 2 is 1.93 bits per heavy atom. The molecule has 0 bridgehead atoms. The summed E-state index contributed by atoms with van der Waals surface area (Å²) in [7, 11) is 0. The fraction of sp³-hybridized carbons (Fsp3) is 0.727. The first-order valence-corrected chi connectivity index (χ1v) is 5.11. The molecule has 1 atom stereocenters. The lowest BCUT2D eigenvalue weighted by Crippen LogP contribution is -2.39. The number of imide groups is 1. The van der Waals surface area contributed by atoms with Gasteiger partial charge < -0.3 is 0 Å². The van der Waals surface area contributed by atoms with E-state index in [0.717, 1.165) is 4.90 Å². The molecule has 4 nitrogen and oxygen atoms in total. The molecule has 0 spiro atoms. The lowest BCUT2D eigenvalue weighted by Gasteiger charge is -2.20. The molecule has 0 N–H and O–H groups in total. The van der Waals surface area contributed by atoms with Gasteiger partial charge in [0.25, 0.3) is 0 Å². The maximum atomic E-state index is 11.7. The van der Waals surface area contributed by atoms with Crippen LogP contribution in [0.1, 0.15) is 34.1 Å². The number of hydrogen-bond donors (Lipinski definition) is 0. The zero-order valence-corrected chi connectivity index (χ0v) is 9.66. The average Bonchev–Trinajstić information content (AvgIpc) is 2.30. The van der Waals surface area contributed by atoms with Gasteiger partial charge in [0.05, 0.1) is 6.54 Å². The SMILES string of the molecule is CC1CC(=O)N(CC(=O)C(C)(C)C)C1=O. The first-order chi connectivity index (χ1) is 6.73. The summed E-state index contributed by atoms with van der Waals surface area (Å²) < 4.78 is 0. The van der Waals surface area contributed by atoms with Crippen LogP contribution in [0.25, 0.3) is 0 Å². The number of ketones is 1. The molecular weight excluding hydrogens is 194 g/mol. The lowest BCUT2D eigenvalue weighted by molar-refractivity contribution is -0.144. The van der Waals surface area contributed by atoms with E-state index in [-0.39, 0.29) is 36.5 Å². The molecule has 0 aromatic carbocycles. The summed E-state index contributed by atoms with van der Waals surface area (Å²) in [4.78, 5) is 35.7. The smallest absolute Gasteiger partial charge is 0.232 e. The fourth-order valence-corrected chi connectivity index (χ4v) is 1.40. The third-order valence-electron chi connectivity index (χ3n) is 2.61. The highest BCUT2D eigenvalue weighted by Gasteiger charge is 2.38. The second-order valence-corrected chi connectivity index (χ2v) is 5.10. The Balaban J connectivity index is 2.71. The quantitative estimate of drug-likeness (QED) is 0.640. The molecule has 1 unspecified atom stereocenters. The minimum absolute atomic E-state index is 0.0779. The highest BCUT2D eigenvalue weighted by atomic mass is 16.2. The average molecular weight is 211 g/mol. The number of carbonyl (C=O) groups excluding carboxylic acids is 3. The number of Topliss-reactive ketones (excluding diaryl/α,β-unsaturated/α-hetero) is 1. The predicted molar refractivity (Wildman–Crippen MR) is 55.0 cm³/mol. The van der Waals surface area contributed by atoms with Crippen molar-refractivity contribution >= 4 is 17.6 Å². The van der Waals surface area contributed by atoms with Crippen LogP contribution in [0.5, 0.6) is 0 Å². The van der Waals surface area contributed by atoms with Gasteiger partial charge in [0.1, 0.15) is 0 Å². The molecule has 4 heteroatoms. The van der Waals surface area contributed by atoms with E-state index in [1.54, 1.807) is 27.7 Å². The predicted octanol–water partition coefficient (Wildman–Crippen LogP) is 0.997. The van der Waals surface area contributed by atoms with Crippen molar-refractivity contribution in [1.29, 1.82) is 0 Å². The number of amides is 2. The summed E-state index contributed by atoms with van der Waals surface area (Å²) in [5.74, 6) is -0.814. The van der Waals surface area contributed by atoms with Gasteiger partial charge in [-0.05, 0) is 0 Å². The van der Waals surface area contributed by atoms with E-state index in [1.165, 1.54) is 0 Å². The summed E-state index contributed by atoms with van der Waals surface area (Å²) in [6.45, 7) is 6.98. The summed E-state index contributed by atoms with van der Waals surface area (Å²) in [5.41, 5.74) is -0.508. The molecule has 0 radical (unpaired) electrons. The van der Waals surface area contributed by atoms with Crippen molar-refractivity contribution in [2.24, 2.45) is 11.3 Å². The first-order valence-electron chi connectivity index (χ1n) is 5.11. The van der Waals surface area contributed by atoms with Gasteiger partial charge in [0.2, 0.25) is 11.8 Å². The Kier molecular flexibility index (Phi) is 2.98. The maximum Gasteiger partial charge on any atom is 0.232 e. The summed E-state index contributed by atoms with van der Waals surface area (Å²) in [5, 5.41) is 0.